The molecule has 0 aliphatic carbocycles. The van der Waals surface area contributed by atoms with E-state index >= 15 is 0 Å². The van der Waals surface area contributed by atoms with Gasteiger partial charge in [0.2, 0.25) is 0 Å². The van der Waals surface area contributed by atoms with Crippen molar-refractivity contribution in [1.82, 2.24) is 15.0 Å². The maximum Gasteiger partial charge on any atom is 0.269 e. The summed E-state index contributed by atoms with van der Waals surface area (Å²) in [4.78, 5) is 23.9. The third-order valence-corrected chi connectivity index (χ3v) is 5.06. The maximum atomic E-state index is 10.9. The molecular formula is C24H17N5O3. The van der Waals surface area contributed by atoms with Crippen LogP contribution in [0, 0.1) is 10.1 Å². The van der Waals surface area contributed by atoms with Crippen LogP contribution < -0.4 is 5.32 Å². The van der Waals surface area contributed by atoms with Crippen LogP contribution in [0.1, 0.15) is 5.56 Å². The van der Waals surface area contributed by atoms with Crippen molar-refractivity contribution in [3.05, 3.63) is 101 Å². The summed E-state index contributed by atoms with van der Waals surface area (Å²) < 4.78 is 5.51. The van der Waals surface area contributed by atoms with E-state index in [0.717, 1.165) is 27.6 Å². The number of nitrogens with one attached hydrogen (secondary N) is 1. The molecule has 3 heterocycles. The van der Waals surface area contributed by atoms with Crippen molar-refractivity contribution in [2.45, 2.75) is 6.54 Å². The molecule has 2 aromatic carbocycles. The predicted octanol–water partition coefficient (Wildman–Crippen LogP) is 5.47. The molecule has 0 aliphatic rings. The largest absolute Gasteiger partial charge is 0.461 e. The fraction of sp³-hybridized carbons (Fsp3) is 0.0417. The second kappa shape index (κ2) is 8.27. The van der Waals surface area contributed by atoms with Crippen molar-refractivity contribution in [2.75, 3.05) is 5.32 Å². The van der Waals surface area contributed by atoms with Crippen LogP contribution >= 0.6 is 0 Å². The number of rotatable bonds is 6. The summed E-state index contributed by atoms with van der Waals surface area (Å²) in [7, 11) is 0. The van der Waals surface area contributed by atoms with Gasteiger partial charge in [-0.2, -0.15) is 0 Å². The van der Waals surface area contributed by atoms with E-state index in [0.29, 0.717) is 23.9 Å². The first-order valence-corrected chi connectivity index (χ1v) is 9.91. The van der Waals surface area contributed by atoms with E-state index < -0.39 is 4.92 Å². The highest BCUT2D eigenvalue weighted by Crippen LogP contribution is 2.29. The van der Waals surface area contributed by atoms with Crippen LogP contribution in [0.25, 0.3) is 33.6 Å². The van der Waals surface area contributed by atoms with E-state index in [-0.39, 0.29) is 5.69 Å². The zero-order chi connectivity index (χ0) is 21.9. The van der Waals surface area contributed by atoms with Crippen LogP contribution in [-0.4, -0.2) is 19.9 Å². The average Bonchev–Trinajstić information content (AvgIpc) is 3.38. The molecule has 8 nitrogen and oxygen atoms in total. The van der Waals surface area contributed by atoms with Gasteiger partial charge in [-0.3, -0.25) is 15.1 Å². The molecule has 0 fully saturated rings. The van der Waals surface area contributed by atoms with E-state index in [4.69, 9.17) is 9.40 Å². The number of furan rings is 1. The van der Waals surface area contributed by atoms with Gasteiger partial charge in [0.1, 0.15) is 5.82 Å². The first-order valence-electron chi connectivity index (χ1n) is 9.91. The Morgan fingerprint density at radius 1 is 0.938 bits per heavy atom. The number of benzene rings is 2. The van der Waals surface area contributed by atoms with Gasteiger partial charge in [0.05, 0.1) is 16.7 Å². The summed E-state index contributed by atoms with van der Waals surface area (Å²) in [5.74, 6) is 1.70. The monoisotopic (exact) mass is 423 g/mol. The van der Waals surface area contributed by atoms with Crippen molar-refractivity contribution in [3.63, 3.8) is 0 Å². The van der Waals surface area contributed by atoms with E-state index in [1.54, 1.807) is 36.9 Å². The number of fused-ring (bicyclic) bond motifs is 1. The molecule has 0 aliphatic heterocycles. The van der Waals surface area contributed by atoms with Crippen molar-refractivity contribution in [3.8, 4) is 22.7 Å². The molecule has 1 N–H and O–H groups in total. The number of hydrogen-bond donors (Lipinski definition) is 1. The first kappa shape index (κ1) is 19.4. The van der Waals surface area contributed by atoms with Crippen LogP contribution in [0.3, 0.4) is 0 Å². The average molecular weight is 423 g/mol. The Hall–Kier alpha value is -4.59. The van der Waals surface area contributed by atoms with Gasteiger partial charge in [0.15, 0.2) is 11.6 Å². The number of hydrogen-bond acceptors (Lipinski definition) is 7. The first-order chi connectivity index (χ1) is 15.7. The number of aromatic nitrogens is 3. The molecule has 32 heavy (non-hydrogen) atoms. The minimum absolute atomic E-state index is 0.0602. The fourth-order valence-corrected chi connectivity index (χ4v) is 3.43. The number of anilines is 1. The number of nitro groups is 1. The topological polar surface area (TPSA) is 107 Å². The van der Waals surface area contributed by atoms with Crippen LogP contribution in [0.15, 0.2) is 89.8 Å². The zero-order valence-corrected chi connectivity index (χ0v) is 16.8. The summed E-state index contributed by atoms with van der Waals surface area (Å²) in [6.45, 7) is 0.452. The lowest BCUT2D eigenvalue weighted by molar-refractivity contribution is -0.384. The van der Waals surface area contributed by atoms with Crippen molar-refractivity contribution in [1.29, 1.82) is 0 Å². The predicted molar refractivity (Wildman–Crippen MR) is 121 cm³/mol. The molecule has 156 valence electrons. The van der Waals surface area contributed by atoms with Crippen molar-refractivity contribution >= 4 is 22.4 Å². The normalized spacial score (nSPS) is 10.9. The molecule has 0 saturated carbocycles. The summed E-state index contributed by atoms with van der Waals surface area (Å²) in [5.41, 5.74) is 3.79. The summed E-state index contributed by atoms with van der Waals surface area (Å²) >= 11 is 0. The lowest BCUT2D eigenvalue weighted by Crippen LogP contribution is -2.04. The van der Waals surface area contributed by atoms with Crippen LogP contribution in [0.5, 0.6) is 0 Å². The van der Waals surface area contributed by atoms with Gasteiger partial charge in [0.25, 0.3) is 5.69 Å². The van der Waals surface area contributed by atoms with Crippen molar-refractivity contribution < 1.29 is 9.34 Å². The Bertz CT molecular complexity index is 1390. The number of nitrogens with zero attached hydrogens (tertiary/aromatic N) is 4. The highest BCUT2D eigenvalue weighted by molar-refractivity contribution is 5.93. The Morgan fingerprint density at radius 2 is 1.75 bits per heavy atom. The molecule has 3 aromatic heterocycles. The van der Waals surface area contributed by atoms with Crippen molar-refractivity contribution in [2.24, 2.45) is 0 Å². The Morgan fingerprint density at radius 3 is 2.47 bits per heavy atom. The molecule has 0 saturated heterocycles. The lowest BCUT2D eigenvalue weighted by atomic mass is 10.0. The third-order valence-electron chi connectivity index (χ3n) is 5.06. The summed E-state index contributed by atoms with van der Waals surface area (Å²) in [6, 6.07) is 19.9. The van der Waals surface area contributed by atoms with Gasteiger partial charge in [0, 0.05) is 36.5 Å². The second-order valence-electron chi connectivity index (χ2n) is 7.12. The molecule has 0 spiro atoms. The molecule has 0 unspecified atom stereocenters. The highest BCUT2D eigenvalue weighted by Gasteiger charge is 2.13. The van der Waals surface area contributed by atoms with Gasteiger partial charge in [-0.05, 0) is 53.1 Å². The molecular weight excluding hydrogens is 406 g/mol. The Balaban J connectivity index is 1.53. The lowest BCUT2D eigenvalue weighted by Gasteiger charge is -2.12. The summed E-state index contributed by atoms with van der Waals surface area (Å²) in [6.07, 6.45) is 5.09. The van der Waals surface area contributed by atoms with Crippen LogP contribution in [-0.2, 0) is 6.54 Å². The minimum Gasteiger partial charge on any atom is -0.461 e. The zero-order valence-electron chi connectivity index (χ0n) is 16.8. The molecule has 0 bridgehead atoms. The molecule has 0 amide bonds. The Kier molecular flexibility index (Phi) is 5.01. The molecule has 5 aromatic rings. The van der Waals surface area contributed by atoms with Crippen LogP contribution in [0.4, 0.5) is 11.5 Å². The fourth-order valence-electron chi connectivity index (χ4n) is 3.43. The minimum atomic E-state index is -0.412. The Labute approximate surface area is 182 Å². The quantitative estimate of drug-likeness (QED) is 0.285. The smallest absolute Gasteiger partial charge is 0.269 e. The van der Waals surface area contributed by atoms with Gasteiger partial charge < -0.3 is 9.73 Å². The maximum absolute atomic E-state index is 10.9. The third kappa shape index (κ3) is 3.89. The van der Waals surface area contributed by atoms with Crippen LogP contribution in [0.2, 0.25) is 0 Å². The number of nitro benzene ring substituents is 1. The number of non-ortho nitro benzene ring substituents is 1. The summed E-state index contributed by atoms with van der Waals surface area (Å²) in [5, 5.41) is 15.1. The van der Waals surface area contributed by atoms with Gasteiger partial charge >= 0.3 is 0 Å². The number of pyridine rings is 1. The molecule has 8 heteroatoms. The van der Waals surface area contributed by atoms with Gasteiger partial charge in [-0.1, -0.05) is 18.2 Å². The van der Waals surface area contributed by atoms with E-state index in [1.165, 1.54) is 12.1 Å². The van der Waals surface area contributed by atoms with E-state index in [1.807, 2.05) is 36.4 Å². The highest BCUT2D eigenvalue weighted by atomic mass is 16.6. The van der Waals surface area contributed by atoms with Gasteiger partial charge in [-0.15, -0.1) is 0 Å². The SMILES string of the molecule is O=[N+]([O-])c1ccc(CNc2nc(-c3ccco3)nc3cc(-c4ccncc4)ccc23)cc1. The standard InChI is InChI=1S/C24H17N5O3/c30-29(31)19-6-3-16(4-7-19)15-26-23-20-8-5-18(17-9-11-25-12-10-17)14-21(20)27-24(28-23)22-2-1-13-32-22/h1-14H,15H2,(H,26,27,28). The van der Waals surface area contributed by atoms with E-state index in [2.05, 4.69) is 15.3 Å². The van der Waals surface area contributed by atoms with Gasteiger partial charge in [-0.25, -0.2) is 9.97 Å². The molecule has 0 atom stereocenters. The van der Waals surface area contributed by atoms with E-state index in [9.17, 15) is 10.1 Å². The molecule has 0 radical (unpaired) electrons. The second-order valence-corrected chi connectivity index (χ2v) is 7.12. The molecule has 5 rings (SSSR count).